The molecular weight excluding hydrogens is 281 g/mol. The van der Waals surface area contributed by atoms with E-state index in [0.29, 0.717) is 18.4 Å². The molecule has 112 valence electrons. The van der Waals surface area contributed by atoms with E-state index >= 15 is 0 Å². The van der Waals surface area contributed by atoms with Gasteiger partial charge in [-0.1, -0.05) is 24.3 Å². The van der Waals surface area contributed by atoms with Crippen LogP contribution in [0.25, 0.3) is 0 Å². The van der Waals surface area contributed by atoms with Crippen LogP contribution in [0.15, 0.2) is 42.5 Å². The monoisotopic (exact) mass is 297 g/mol. The van der Waals surface area contributed by atoms with Crippen molar-refractivity contribution in [1.82, 2.24) is 0 Å². The Bertz CT molecular complexity index is 719. The second-order valence-corrected chi connectivity index (χ2v) is 5.10. The van der Waals surface area contributed by atoms with Crippen LogP contribution in [0.1, 0.15) is 39.9 Å². The first-order chi connectivity index (χ1) is 10.6. The number of aryl methyl sites for hydroxylation is 2. The van der Waals surface area contributed by atoms with Crippen molar-refractivity contribution in [1.29, 1.82) is 5.26 Å². The van der Waals surface area contributed by atoms with Crippen molar-refractivity contribution in [2.75, 3.05) is 0 Å². The highest BCUT2D eigenvalue weighted by molar-refractivity contribution is 5.89. The van der Waals surface area contributed by atoms with Crippen LogP contribution in [0.3, 0.4) is 0 Å². The Morgan fingerprint density at radius 1 is 1.14 bits per heavy atom. The Morgan fingerprint density at radius 3 is 2.55 bits per heavy atom. The lowest BCUT2D eigenvalue weighted by molar-refractivity contribution is 0.0695. The molecule has 0 saturated heterocycles. The highest BCUT2D eigenvalue weighted by Crippen LogP contribution is 2.15. The molecule has 2 aromatic carbocycles. The summed E-state index contributed by atoms with van der Waals surface area (Å²) in [6.45, 7) is 0. The van der Waals surface area contributed by atoms with E-state index < -0.39 is 11.8 Å². The summed E-state index contributed by atoms with van der Waals surface area (Å²) in [6, 6.07) is 13.4. The zero-order chi connectivity index (χ0) is 15.9. The maximum absolute atomic E-state index is 13.5. The molecule has 22 heavy (non-hydrogen) atoms. The van der Waals surface area contributed by atoms with E-state index in [1.807, 2.05) is 12.1 Å². The summed E-state index contributed by atoms with van der Waals surface area (Å²) in [4.78, 5) is 11.1. The van der Waals surface area contributed by atoms with Gasteiger partial charge in [-0.15, -0.1) is 0 Å². The smallest absolute Gasteiger partial charge is 0.335 e. The molecular formula is C18H16FNO2. The van der Waals surface area contributed by atoms with E-state index in [1.54, 1.807) is 24.3 Å². The van der Waals surface area contributed by atoms with Crippen molar-refractivity contribution >= 4 is 5.97 Å². The molecule has 0 radical (unpaired) electrons. The minimum atomic E-state index is -0.912. The molecule has 2 rings (SSSR count). The molecule has 0 heterocycles. The number of hydrogen-bond donors (Lipinski definition) is 1. The van der Waals surface area contributed by atoms with Crippen molar-refractivity contribution in [2.45, 2.75) is 25.7 Å². The van der Waals surface area contributed by atoms with Crippen LogP contribution in [-0.4, -0.2) is 11.1 Å². The minimum absolute atomic E-state index is 0.0548. The molecule has 0 bridgehead atoms. The average molecular weight is 297 g/mol. The zero-order valence-corrected chi connectivity index (χ0v) is 12.1. The molecule has 0 fully saturated rings. The van der Waals surface area contributed by atoms with E-state index in [1.165, 1.54) is 12.1 Å². The van der Waals surface area contributed by atoms with E-state index in [-0.39, 0.29) is 5.56 Å². The zero-order valence-electron chi connectivity index (χ0n) is 12.1. The van der Waals surface area contributed by atoms with Gasteiger partial charge in [-0.05, 0) is 55.0 Å². The molecule has 0 aliphatic heterocycles. The summed E-state index contributed by atoms with van der Waals surface area (Å²) in [5.74, 6) is -1.40. The molecule has 0 aliphatic carbocycles. The molecule has 0 atom stereocenters. The van der Waals surface area contributed by atoms with Crippen LogP contribution < -0.4 is 0 Å². The summed E-state index contributed by atoms with van der Waals surface area (Å²) >= 11 is 0. The van der Waals surface area contributed by atoms with Crippen LogP contribution >= 0.6 is 0 Å². The van der Waals surface area contributed by atoms with Gasteiger partial charge in [0.05, 0.1) is 11.1 Å². The summed E-state index contributed by atoms with van der Waals surface area (Å²) < 4.78 is 13.5. The number of nitriles is 1. The molecule has 4 heteroatoms. The lowest BCUT2D eigenvalue weighted by Crippen LogP contribution is -2.02. The van der Waals surface area contributed by atoms with Crippen LogP contribution in [0.2, 0.25) is 0 Å². The van der Waals surface area contributed by atoms with Crippen molar-refractivity contribution in [2.24, 2.45) is 0 Å². The summed E-state index contributed by atoms with van der Waals surface area (Å²) in [5, 5.41) is 17.8. The molecule has 0 aliphatic rings. The van der Waals surface area contributed by atoms with Gasteiger partial charge in [-0.25, -0.2) is 9.18 Å². The molecule has 0 saturated carbocycles. The van der Waals surface area contributed by atoms with E-state index in [0.717, 1.165) is 24.0 Å². The number of aromatic carboxylic acids is 1. The lowest BCUT2D eigenvalue weighted by Gasteiger charge is -2.06. The quantitative estimate of drug-likeness (QED) is 0.821. The van der Waals surface area contributed by atoms with Crippen molar-refractivity contribution in [3.05, 3.63) is 70.5 Å². The third kappa shape index (κ3) is 3.92. The number of carboxylic acids is 1. The fourth-order valence-corrected chi connectivity index (χ4v) is 2.40. The van der Waals surface area contributed by atoms with Gasteiger partial charge in [0, 0.05) is 0 Å². The SMILES string of the molecule is N#Cc1ccc(CCCCc2ccccc2C(=O)O)cc1F. The van der Waals surface area contributed by atoms with Crippen molar-refractivity contribution in [3.8, 4) is 6.07 Å². The summed E-state index contributed by atoms with van der Waals surface area (Å²) in [7, 11) is 0. The molecule has 0 amide bonds. The second kappa shape index (κ2) is 7.37. The number of halogens is 1. The largest absolute Gasteiger partial charge is 0.478 e. The minimum Gasteiger partial charge on any atom is -0.478 e. The molecule has 3 nitrogen and oxygen atoms in total. The Kier molecular flexibility index (Phi) is 5.26. The van der Waals surface area contributed by atoms with Gasteiger partial charge < -0.3 is 5.11 Å². The molecule has 0 unspecified atom stereocenters. The number of carboxylic acid groups (broad SMARTS) is 1. The fraction of sp³-hybridized carbons (Fsp3) is 0.222. The Morgan fingerprint density at radius 2 is 1.86 bits per heavy atom. The number of unbranched alkanes of at least 4 members (excludes halogenated alkanes) is 1. The summed E-state index contributed by atoms with van der Waals surface area (Å²) in [5.41, 5.74) is 2.06. The van der Waals surface area contributed by atoms with Gasteiger partial charge in [-0.2, -0.15) is 5.26 Å². The molecule has 2 aromatic rings. The lowest BCUT2D eigenvalue weighted by atomic mass is 9.99. The highest BCUT2D eigenvalue weighted by Gasteiger charge is 2.08. The van der Waals surface area contributed by atoms with Crippen LogP contribution in [0, 0.1) is 17.1 Å². The van der Waals surface area contributed by atoms with Crippen molar-refractivity contribution < 1.29 is 14.3 Å². The number of nitrogens with zero attached hydrogens (tertiary/aromatic N) is 1. The van der Waals surface area contributed by atoms with Gasteiger partial charge in [0.1, 0.15) is 11.9 Å². The van der Waals surface area contributed by atoms with E-state index in [9.17, 15) is 9.18 Å². The first kappa shape index (κ1) is 15.7. The number of carbonyl (C=O) groups is 1. The highest BCUT2D eigenvalue weighted by atomic mass is 19.1. The fourth-order valence-electron chi connectivity index (χ4n) is 2.40. The average Bonchev–Trinajstić information content (AvgIpc) is 2.52. The molecule has 0 aromatic heterocycles. The summed E-state index contributed by atoms with van der Waals surface area (Å²) in [6.07, 6.45) is 3.05. The predicted octanol–water partition coefficient (Wildman–Crippen LogP) is 3.96. The van der Waals surface area contributed by atoms with Gasteiger partial charge in [0.2, 0.25) is 0 Å². The second-order valence-electron chi connectivity index (χ2n) is 5.10. The Hall–Kier alpha value is -2.67. The Labute approximate surface area is 128 Å². The van der Waals surface area contributed by atoms with Gasteiger partial charge in [0.25, 0.3) is 0 Å². The van der Waals surface area contributed by atoms with Crippen LogP contribution in [0.4, 0.5) is 4.39 Å². The van der Waals surface area contributed by atoms with E-state index in [2.05, 4.69) is 0 Å². The van der Waals surface area contributed by atoms with E-state index in [4.69, 9.17) is 10.4 Å². The topological polar surface area (TPSA) is 61.1 Å². The third-order valence-electron chi connectivity index (χ3n) is 3.56. The maximum atomic E-state index is 13.5. The van der Waals surface area contributed by atoms with Gasteiger partial charge in [0.15, 0.2) is 0 Å². The van der Waals surface area contributed by atoms with Gasteiger partial charge >= 0.3 is 5.97 Å². The molecule has 0 spiro atoms. The first-order valence-corrected chi connectivity index (χ1v) is 7.11. The molecule has 1 N–H and O–H groups in total. The predicted molar refractivity (Wildman–Crippen MR) is 81.2 cm³/mol. The first-order valence-electron chi connectivity index (χ1n) is 7.11. The van der Waals surface area contributed by atoms with Crippen molar-refractivity contribution in [3.63, 3.8) is 0 Å². The van der Waals surface area contributed by atoms with Crippen LogP contribution in [0.5, 0.6) is 0 Å². The number of benzene rings is 2. The number of rotatable bonds is 6. The normalized spacial score (nSPS) is 10.2. The number of hydrogen-bond acceptors (Lipinski definition) is 2. The maximum Gasteiger partial charge on any atom is 0.335 e. The standard InChI is InChI=1S/C18H16FNO2/c19-17-11-13(9-10-15(17)12-20)5-1-2-6-14-7-3-4-8-16(14)18(21)22/h3-4,7-11H,1-2,5-6H2,(H,21,22). The van der Waals surface area contributed by atoms with Crippen LogP contribution in [-0.2, 0) is 12.8 Å². The van der Waals surface area contributed by atoms with Gasteiger partial charge in [-0.3, -0.25) is 0 Å². The Balaban J connectivity index is 1.89. The third-order valence-corrected chi connectivity index (χ3v) is 3.56.